The Labute approximate surface area is 53.9 Å². The van der Waals surface area contributed by atoms with Crippen molar-refractivity contribution in [2.75, 3.05) is 0 Å². The Bertz CT molecular complexity index is 191. The quantitative estimate of drug-likeness (QED) is 0.595. The van der Waals surface area contributed by atoms with Gasteiger partial charge in [-0.25, -0.2) is 0 Å². The molecule has 1 aromatic heterocycles. The predicted molar refractivity (Wildman–Crippen MR) is 34.8 cm³/mol. The highest BCUT2D eigenvalue weighted by molar-refractivity contribution is 5.08. The molecule has 0 fully saturated rings. The van der Waals surface area contributed by atoms with Crippen LogP contribution in [0.5, 0.6) is 0 Å². The number of aromatic nitrogens is 1. The van der Waals surface area contributed by atoms with E-state index in [0.717, 1.165) is 5.69 Å². The zero-order chi connectivity index (χ0) is 6.85. The van der Waals surface area contributed by atoms with Crippen LogP contribution in [0.15, 0.2) is 12.1 Å². The molecular weight excluding hydrogens is 117 g/mol. The van der Waals surface area contributed by atoms with Crippen LogP contribution in [0, 0.1) is 5.95 Å². The van der Waals surface area contributed by atoms with Crippen LogP contribution in [0.1, 0.15) is 25.5 Å². The second-order valence-electron chi connectivity index (χ2n) is 2.42. The molecule has 1 nitrogen and oxygen atoms in total. The highest BCUT2D eigenvalue weighted by Gasteiger charge is 1.99. The minimum atomic E-state index is -0.251. The lowest BCUT2D eigenvalue weighted by atomic mass is 10.1. The fourth-order valence-corrected chi connectivity index (χ4v) is 0.721. The van der Waals surface area contributed by atoms with Gasteiger partial charge < -0.3 is 4.98 Å². The summed E-state index contributed by atoms with van der Waals surface area (Å²) in [5.41, 5.74) is 0.951. The maximum Gasteiger partial charge on any atom is 0.191 e. The molecule has 1 heterocycles. The summed E-state index contributed by atoms with van der Waals surface area (Å²) in [4.78, 5) is 2.61. The maximum atomic E-state index is 12.2. The number of hydrogen-bond donors (Lipinski definition) is 1. The minimum Gasteiger partial charge on any atom is -0.335 e. The zero-order valence-corrected chi connectivity index (χ0v) is 5.61. The smallest absolute Gasteiger partial charge is 0.191 e. The van der Waals surface area contributed by atoms with Gasteiger partial charge >= 0.3 is 0 Å². The third kappa shape index (κ3) is 1.31. The highest BCUT2D eigenvalue weighted by atomic mass is 19.1. The lowest BCUT2D eigenvalue weighted by Gasteiger charge is -1.97. The van der Waals surface area contributed by atoms with Crippen molar-refractivity contribution in [2.45, 2.75) is 19.8 Å². The van der Waals surface area contributed by atoms with Crippen LogP contribution < -0.4 is 0 Å². The van der Waals surface area contributed by atoms with Crippen molar-refractivity contribution in [3.05, 3.63) is 23.8 Å². The first kappa shape index (κ1) is 6.33. The van der Waals surface area contributed by atoms with Gasteiger partial charge in [0, 0.05) is 5.69 Å². The Morgan fingerprint density at radius 2 is 2.11 bits per heavy atom. The normalized spacial score (nSPS) is 10.7. The SMILES string of the molecule is CC(C)c1ccc(F)[nH]1. The second-order valence-corrected chi connectivity index (χ2v) is 2.42. The van der Waals surface area contributed by atoms with Crippen LogP contribution in [-0.4, -0.2) is 4.98 Å². The van der Waals surface area contributed by atoms with Crippen molar-refractivity contribution in [2.24, 2.45) is 0 Å². The van der Waals surface area contributed by atoms with E-state index < -0.39 is 0 Å². The molecule has 2 heteroatoms. The number of rotatable bonds is 1. The highest BCUT2D eigenvalue weighted by Crippen LogP contribution is 2.11. The van der Waals surface area contributed by atoms with Gasteiger partial charge in [0.1, 0.15) is 0 Å². The van der Waals surface area contributed by atoms with Gasteiger partial charge in [-0.1, -0.05) is 13.8 Å². The van der Waals surface area contributed by atoms with Crippen molar-refractivity contribution in [1.29, 1.82) is 0 Å². The van der Waals surface area contributed by atoms with Gasteiger partial charge in [0.05, 0.1) is 0 Å². The fourth-order valence-electron chi connectivity index (χ4n) is 0.721. The van der Waals surface area contributed by atoms with Crippen LogP contribution in [0.4, 0.5) is 4.39 Å². The van der Waals surface area contributed by atoms with Crippen molar-refractivity contribution >= 4 is 0 Å². The summed E-state index contributed by atoms with van der Waals surface area (Å²) in [5.74, 6) is 0.133. The molecule has 0 aromatic carbocycles. The summed E-state index contributed by atoms with van der Waals surface area (Å²) in [6.45, 7) is 4.04. The van der Waals surface area contributed by atoms with Gasteiger partial charge in [-0.15, -0.1) is 0 Å². The zero-order valence-electron chi connectivity index (χ0n) is 5.61. The Hall–Kier alpha value is -0.790. The van der Waals surface area contributed by atoms with Gasteiger partial charge in [-0.2, -0.15) is 4.39 Å². The van der Waals surface area contributed by atoms with Gasteiger partial charge in [0.15, 0.2) is 5.95 Å². The van der Waals surface area contributed by atoms with Gasteiger partial charge in [-0.05, 0) is 18.1 Å². The summed E-state index contributed by atoms with van der Waals surface area (Å²) in [5, 5.41) is 0. The van der Waals surface area contributed by atoms with Gasteiger partial charge in [-0.3, -0.25) is 0 Å². The van der Waals surface area contributed by atoms with E-state index in [1.165, 1.54) is 6.07 Å². The first-order valence-corrected chi connectivity index (χ1v) is 3.04. The summed E-state index contributed by atoms with van der Waals surface area (Å²) in [6.07, 6.45) is 0. The van der Waals surface area contributed by atoms with E-state index in [1.54, 1.807) is 6.07 Å². The largest absolute Gasteiger partial charge is 0.335 e. The topological polar surface area (TPSA) is 15.8 Å². The molecule has 0 amide bonds. The molecule has 0 radical (unpaired) electrons. The van der Waals surface area contributed by atoms with E-state index in [2.05, 4.69) is 4.98 Å². The first-order valence-electron chi connectivity index (χ1n) is 3.04. The van der Waals surface area contributed by atoms with Gasteiger partial charge in [0.2, 0.25) is 0 Å². The Kier molecular flexibility index (Phi) is 1.56. The molecule has 0 atom stereocenters. The molecule has 1 rings (SSSR count). The van der Waals surface area contributed by atoms with Crippen molar-refractivity contribution in [3.8, 4) is 0 Å². The van der Waals surface area contributed by atoms with E-state index in [0.29, 0.717) is 5.92 Å². The monoisotopic (exact) mass is 127 g/mol. The number of H-pyrrole nitrogens is 1. The van der Waals surface area contributed by atoms with Gasteiger partial charge in [0.25, 0.3) is 0 Å². The average molecular weight is 127 g/mol. The first-order chi connectivity index (χ1) is 4.20. The molecular formula is C7H10FN. The third-order valence-electron chi connectivity index (χ3n) is 1.29. The minimum absolute atomic E-state index is 0.251. The Balaban J connectivity index is 2.85. The van der Waals surface area contributed by atoms with E-state index >= 15 is 0 Å². The summed E-state index contributed by atoms with van der Waals surface area (Å²) >= 11 is 0. The van der Waals surface area contributed by atoms with E-state index in [4.69, 9.17) is 0 Å². The molecule has 0 bridgehead atoms. The maximum absolute atomic E-state index is 12.2. The van der Waals surface area contributed by atoms with E-state index in [9.17, 15) is 4.39 Å². The van der Waals surface area contributed by atoms with Crippen molar-refractivity contribution < 1.29 is 4.39 Å². The Morgan fingerprint density at radius 3 is 2.33 bits per heavy atom. The molecule has 0 saturated heterocycles. The van der Waals surface area contributed by atoms with Crippen molar-refractivity contribution in [3.63, 3.8) is 0 Å². The summed E-state index contributed by atoms with van der Waals surface area (Å²) in [7, 11) is 0. The molecule has 0 saturated carbocycles. The molecule has 1 N–H and O–H groups in total. The molecule has 1 aromatic rings. The molecule has 0 aliphatic heterocycles. The van der Waals surface area contributed by atoms with Crippen LogP contribution >= 0.6 is 0 Å². The molecule has 0 spiro atoms. The van der Waals surface area contributed by atoms with Crippen LogP contribution in [0.25, 0.3) is 0 Å². The number of nitrogens with one attached hydrogen (secondary N) is 1. The predicted octanol–water partition coefficient (Wildman–Crippen LogP) is 2.28. The molecule has 9 heavy (non-hydrogen) atoms. The fraction of sp³-hybridized carbons (Fsp3) is 0.429. The third-order valence-corrected chi connectivity index (χ3v) is 1.29. The standard InChI is InChI=1S/C7H10FN/c1-5(2)6-3-4-7(8)9-6/h3-5,9H,1-2H3. The molecule has 50 valence electrons. The van der Waals surface area contributed by atoms with Crippen LogP contribution in [-0.2, 0) is 0 Å². The number of aromatic amines is 1. The van der Waals surface area contributed by atoms with Crippen LogP contribution in [0.3, 0.4) is 0 Å². The van der Waals surface area contributed by atoms with E-state index in [-0.39, 0.29) is 5.95 Å². The van der Waals surface area contributed by atoms with Crippen molar-refractivity contribution in [1.82, 2.24) is 4.98 Å². The summed E-state index contributed by atoms with van der Waals surface area (Å²) < 4.78 is 12.2. The number of halogens is 1. The molecule has 0 aliphatic rings. The molecule has 0 aliphatic carbocycles. The lowest BCUT2D eigenvalue weighted by molar-refractivity contribution is 0.584. The molecule has 0 unspecified atom stereocenters. The summed E-state index contributed by atoms with van der Waals surface area (Å²) in [6, 6.07) is 3.20. The number of hydrogen-bond acceptors (Lipinski definition) is 0. The van der Waals surface area contributed by atoms with Crippen LogP contribution in [0.2, 0.25) is 0 Å². The lowest BCUT2D eigenvalue weighted by Crippen LogP contribution is -1.85. The average Bonchev–Trinajstić information content (AvgIpc) is 2.14. The second kappa shape index (κ2) is 2.21. The Morgan fingerprint density at radius 1 is 1.44 bits per heavy atom. The van der Waals surface area contributed by atoms with E-state index in [1.807, 2.05) is 13.8 Å².